The quantitative estimate of drug-likeness (QED) is 0.408. The van der Waals surface area contributed by atoms with Gasteiger partial charge in [-0.2, -0.15) is 0 Å². The van der Waals surface area contributed by atoms with Gasteiger partial charge in [-0.15, -0.1) is 0 Å². The van der Waals surface area contributed by atoms with Gasteiger partial charge in [0, 0.05) is 25.3 Å². The van der Waals surface area contributed by atoms with Crippen LogP contribution in [0, 0.1) is 6.92 Å². The molecule has 1 saturated heterocycles. The van der Waals surface area contributed by atoms with E-state index in [1.165, 1.54) is 13.1 Å². The summed E-state index contributed by atoms with van der Waals surface area (Å²) in [7, 11) is 1.10. The Balaban J connectivity index is 2.27. The molecule has 1 aliphatic heterocycles. The second-order valence-corrected chi connectivity index (χ2v) is 10.8. The van der Waals surface area contributed by atoms with Gasteiger partial charge in [-0.1, -0.05) is 11.8 Å². The van der Waals surface area contributed by atoms with Crippen LogP contribution in [0.4, 0.5) is 0 Å². The average molecular weight is 446 g/mol. The zero-order chi connectivity index (χ0) is 19.7. The molecule has 0 aliphatic carbocycles. The van der Waals surface area contributed by atoms with Gasteiger partial charge in [0.25, 0.3) is 5.56 Å². The third-order valence-corrected chi connectivity index (χ3v) is 6.00. The molecule has 0 saturated carbocycles. The molecule has 1 aromatic rings. The molecule has 2 heterocycles. The number of aromatic amines is 1. The number of rotatable bonds is 7. The van der Waals surface area contributed by atoms with Gasteiger partial charge in [-0.05, 0) is 6.92 Å². The largest absolute Gasteiger partial charge is 0.780 e. The van der Waals surface area contributed by atoms with Crippen molar-refractivity contribution < 1.29 is 32.7 Å². The van der Waals surface area contributed by atoms with Crippen molar-refractivity contribution in [3.63, 3.8) is 0 Å². The smallest absolute Gasteiger partial charge is 0.330 e. The minimum atomic E-state index is -4.21. The Morgan fingerprint density at radius 3 is 2.81 bits per heavy atom. The highest BCUT2D eigenvalue weighted by Crippen LogP contribution is 2.49. The van der Waals surface area contributed by atoms with Gasteiger partial charge in [0.2, 0.25) is 0 Å². The highest BCUT2D eigenvalue weighted by atomic mass is 32.7. The standard InChI is InChI=1S/C11H18N2O9P2S2/c1-6-4-13(11(15)12-10(6)14)9-3-7(22-24(18,26)19-2)8(21-9)5-20-23(16,17)25/h4,7-9H,3,5H2,1-2H3,(H,18,26)(H,12,14,15)(H2,16,17,25)/p-2/t7-,8-,9-,24?/m1/s1. The maximum atomic E-state index is 12.0. The third kappa shape index (κ3) is 5.83. The van der Waals surface area contributed by atoms with E-state index in [0.717, 1.165) is 11.7 Å². The summed E-state index contributed by atoms with van der Waals surface area (Å²) < 4.78 is 33.1. The number of ether oxygens (including phenoxy) is 1. The normalized spacial score (nSPS) is 27.8. The van der Waals surface area contributed by atoms with Crippen LogP contribution in [-0.2, 0) is 46.9 Å². The molecule has 0 spiro atoms. The van der Waals surface area contributed by atoms with Crippen molar-refractivity contribution >= 4 is 37.6 Å². The molecule has 5 atom stereocenters. The zero-order valence-electron chi connectivity index (χ0n) is 13.6. The molecule has 2 unspecified atom stereocenters. The summed E-state index contributed by atoms with van der Waals surface area (Å²) in [5.74, 6) is 0. The summed E-state index contributed by atoms with van der Waals surface area (Å²) >= 11 is 8.95. The second kappa shape index (κ2) is 8.36. The van der Waals surface area contributed by atoms with E-state index in [1.54, 1.807) is 0 Å². The topological polar surface area (TPSA) is 152 Å². The Morgan fingerprint density at radius 2 is 2.23 bits per heavy atom. The van der Waals surface area contributed by atoms with Crippen LogP contribution in [0.1, 0.15) is 18.2 Å². The van der Waals surface area contributed by atoms with Crippen LogP contribution >= 0.6 is 13.5 Å². The average Bonchev–Trinajstić information content (AvgIpc) is 2.90. The van der Waals surface area contributed by atoms with E-state index in [1.807, 2.05) is 0 Å². The summed E-state index contributed by atoms with van der Waals surface area (Å²) in [4.78, 5) is 45.9. The number of H-pyrrole nitrogens is 1. The number of nitrogens with zero attached hydrogens (tertiary/aromatic N) is 1. The van der Waals surface area contributed by atoms with Crippen molar-refractivity contribution in [2.24, 2.45) is 0 Å². The fourth-order valence-electron chi connectivity index (χ4n) is 2.31. The Labute approximate surface area is 158 Å². The molecule has 1 aromatic heterocycles. The molecule has 1 aliphatic rings. The molecule has 15 heteroatoms. The highest BCUT2D eigenvalue weighted by molar-refractivity contribution is 8.32. The minimum absolute atomic E-state index is 0.00341. The molecule has 1 fully saturated rings. The molecule has 0 radical (unpaired) electrons. The molecule has 0 bridgehead atoms. The summed E-state index contributed by atoms with van der Waals surface area (Å²) in [5.41, 5.74) is -1.00. The minimum Gasteiger partial charge on any atom is -0.780 e. The first-order chi connectivity index (χ1) is 11.9. The van der Waals surface area contributed by atoms with E-state index in [9.17, 15) is 19.0 Å². The molecule has 148 valence electrons. The first-order valence-electron chi connectivity index (χ1n) is 7.13. The predicted molar refractivity (Wildman–Crippen MR) is 93.9 cm³/mol. The van der Waals surface area contributed by atoms with Crippen LogP contribution in [0.2, 0.25) is 0 Å². The molecule has 0 amide bonds. The fraction of sp³-hybridized carbons (Fsp3) is 0.636. The van der Waals surface area contributed by atoms with Gasteiger partial charge in [0.05, 0.1) is 12.7 Å². The van der Waals surface area contributed by atoms with Gasteiger partial charge < -0.3 is 40.3 Å². The number of aromatic nitrogens is 2. The van der Waals surface area contributed by atoms with E-state index in [0.29, 0.717) is 0 Å². The van der Waals surface area contributed by atoms with E-state index in [-0.39, 0.29) is 12.0 Å². The van der Waals surface area contributed by atoms with Crippen LogP contribution in [0.15, 0.2) is 15.8 Å². The SMILES string of the molecule is COP(=O)([S-])O[C@@H]1C[C@H](n2cc(C)c(=O)[nH]c2=O)O[C@@H]1COP([O-])(O)=S. The number of hydrogen-bond donors (Lipinski definition) is 2. The fourth-order valence-corrected chi connectivity index (χ4v) is 3.80. The molecule has 11 nitrogen and oxygen atoms in total. The second-order valence-electron chi connectivity index (χ2n) is 5.38. The summed E-state index contributed by atoms with van der Waals surface area (Å²) in [5, 5.41) is 0. The summed E-state index contributed by atoms with van der Waals surface area (Å²) in [6.07, 6.45) is -1.61. The summed E-state index contributed by atoms with van der Waals surface area (Å²) in [6, 6.07) is 0. The van der Waals surface area contributed by atoms with Gasteiger partial charge >= 0.3 is 5.69 Å². The lowest BCUT2D eigenvalue weighted by atomic mass is 10.2. The number of hydrogen-bond acceptors (Lipinski definition) is 10. The monoisotopic (exact) mass is 446 g/mol. The van der Waals surface area contributed by atoms with Gasteiger partial charge in [-0.3, -0.25) is 18.9 Å². The predicted octanol–water partition coefficient (Wildman–Crippen LogP) is -0.587. The Hall–Kier alpha value is -0.330. The van der Waals surface area contributed by atoms with Gasteiger partial charge in [-0.25, -0.2) is 4.79 Å². The molecule has 0 aromatic carbocycles. The van der Waals surface area contributed by atoms with E-state index < -0.39 is 49.8 Å². The molecular weight excluding hydrogens is 430 g/mol. The maximum absolute atomic E-state index is 12.0. The van der Waals surface area contributed by atoms with Crippen molar-refractivity contribution in [2.75, 3.05) is 13.7 Å². The van der Waals surface area contributed by atoms with Crippen LogP contribution < -0.4 is 16.1 Å². The maximum Gasteiger partial charge on any atom is 0.330 e. The molecule has 2 N–H and O–H groups in total. The Kier molecular flexibility index (Phi) is 7.06. The Morgan fingerprint density at radius 1 is 1.58 bits per heavy atom. The highest BCUT2D eigenvalue weighted by Gasteiger charge is 2.39. The first-order valence-corrected chi connectivity index (χ1v) is 12.3. The Bertz CT molecular complexity index is 866. The van der Waals surface area contributed by atoms with E-state index in [2.05, 4.69) is 38.1 Å². The van der Waals surface area contributed by atoms with Crippen molar-refractivity contribution in [2.45, 2.75) is 31.8 Å². The van der Waals surface area contributed by atoms with Crippen molar-refractivity contribution in [1.82, 2.24) is 9.55 Å². The van der Waals surface area contributed by atoms with Crippen molar-refractivity contribution in [1.29, 1.82) is 0 Å². The van der Waals surface area contributed by atoms with Crippen molar-refractivity contribution in [3.8, 4) is 0 Å². The number of aryl methyl sites for hydroxylation is 1. The zero-order valence-corrected chi connectivity index (χ0v) is 17.0. The van der Waals surface area contributed by atoms with Crippen LogP contribution in [-0.4, -0.2) is 40.4 Å². The van der Waals surface area contributed by atoms with Crippen LogP contribution in [0.5, 0.6) is 0 Å². The molecule has 2 rings (SSSR count). The lowest BCUT2D eigenvalue weighted by Crippen LogP contribution is -2.33. The van der Waals surface area contributed by atoms with E-state index in [4.69, 9.17) is 14.2 Å². The summed E-state index contributed by atoms with van der Waals surface area (Å²) in [6.45, 7) is -7.00. The van der Waals surface area contributed by atoms with Crippen LogP contribution in [0.25, 0.3) is 0 Å². The molecule has 26 heavy (non-hydrogen) atoms. The first kappa shape index (κ1) is 22.0. The lowest BCUT2D eigenvalue weighted by molar-refractivity contribution is -0.204. The van der Waals surface area contributed by atoms with Gasteiger partial charge in [0.1, 0.15) is 19.1 Å². The third-order valence-electron chi connectivity index (χ3n) is 3.53. The molecular formula is C11H16N2O9P2S2-2. The van der Waals surface area contributed by atoms with E-state index >= 15 is 0 Å². The van der Waals surface area contributed by atoms with Crippen molar-refractivity contribution in [3.05, 3.63) is 32.6 Å². The van der Waals surface area contributed by atoms with Crippen LogP contribution in [0.3, 0.4) is 0 Å². The number of nitrogens with one attached hydrogen (secondary N) is 1. The van der Waals surface area contributed by atoms with Gasteiger partial charge in [0.15, 0.2) is 6.80 Å². The lowest BCUT2D eigenvalue weighted by Gasteiger charge is -2.29.